The van der Waals surface area contributed by atoms with Gasteiger partial charge in [0.2, 0.25) is 0 Å². The van der Waals surface area contributed by atoms with Gasteiger partial charge in [0.15, 0.2) is 0 Å². The summed E-state index contributed by atoms with van der Waals surface area (Å²) in [7, 11) is 0. The van der Waals surface area contributed by atoms with Crippen molar-refractivity contribution in [3.05, 3.63) is 63.7 Å². The Morgan fingerprint density at radius 3 is 2.23 bits per heavy atom. The number of nitro groups is 1. The lowest BCUT2D eigenvalue weighted by molar-refractivity contribution is -0.385. The molecular formula is C24H28F3NO2. The molecule has 1 aliphatic rings. The third kappa shape index (κ3) is 5.41. The molecule has 0 aromatic heterocycles. The number of nitrogens with zero attached hydrogens (tertiary/aromatic N) is 1. The monoisotopic (exact) mass is 419 g/mol. The average Bonchev–Trinajstić information content (AvgIpc) is 2.73. The fraction of sp³-hybridized carbons (Fsp3) is 0.500. The summed E-state index contributed by atoms with van der Waals surface area (Å²) in [5.41, 5.74) is 0.0326. The zero-order chi connectivity index (χ0) is 21.7. The van der Waals surface area contributed by atoms with Gasteiger partial charge in [-0.15, -0.1) is 0 Å². The molecule has 3 nitrogen and oxygen atoms in total. The number of benzene rings is 2. The highest BCUT2D eigenvalue weighted by Gasteiger charge is 2.35. The maximum atomic E-state index is 13.5. The summed E-state index contributed by atoms with van der Waals surface area (Å²) >= 11 is 0. The van der Waals surface area contributed by atoms with E-state index in [9.17, 15) is 23.3 Å². The van der Waals surface area contributed by atoms with Crippen LogP contribution in [-0.4, -0.2) is 4.92 Å². The Balaban J connectivity index is 1.73. The highest BCUT2D eigenvalue weighted by atomic mass is 19.4. The number of halogens is 3. The number of alkyl halides is 3. The minimum Gasteiger partial charge on any atom is -0.258 e. The van der Waals surface area contributed by atoms with E-state index in [0.717, 1.165) is 24.8 Å². The Hall–Kier alpha value is -2.37. The fourth-order valence-corrected chi connectivity index (χ4v) is 4.53. The first kappa shape index (κ1) is 22.3. The normalized spacial score (nSPS) is 19.6. The molecule has 6 heteroatoms. The van der Waals surface area contributed by atoms with Gasteiger partial charge in [-0.1, -0.05) is 56.9 Å². The van der Waals surface area contributed by atoms with Gasteiger partial charge in [0.05, 0.1) is 10.5 Å². The summed E-state index contributed by atoms with van der Waals surface area (Å²) < 4.78 is 40.4. The lowest BCUT2D eigenvalue weighted by atomic mass is 9.77. The van der Waals surface area contributed by atoms with Crippen molar-refractivity contribution in [3.63, 3.8) is 0 Å². The van der Waals surface area contributed by atoms with Crippen LogP contribution in [-0.2, 0) is 6.18 Å². The topological polar surface area (TPSA) is 43.1 Å². The minimum atomic E-state index is -4.66. The van der Waals surface area contributed by atoms with E-state index >= 15 is 0 Å². The van der Waals surface area contributed by atoms with Gasteiger partial charge in [0.25, 0.3) is 5.69 Å². The van der Waals surface area contributed by atoms with Crippen molar-refractivity contribution in [2.45, 2.75) is 70.4 Å². The van der Waals surface area contributed by atoms with Crippen LogP contribution in [0.2, 0.25) is 0 Å². The SMILES string of the molecule is CCCCC[C@H]1CC[C@H](c2ccc(-c3ccc([N+](=O)[O-])cc3C(F)(F)F)cc2)CC1. The molecular weight excluding hydrogens is 391 g/mol. The van der Waals surface area contributed by atoms with Crippen LogP contribution in [0.5, 0.6) is 0 Å². The second-order valence-electron chi connectivity index (χ2n) is 8.32. The zero-order valence-corrected chi connectivity index (χ0v) is 17.3. The molecule has 0 heterocycles. The van der Waals surface area contributed by atoms with Crippen molar-refractivity contribution >= 4 is 5.69 Å². The van der Waals surface area contributed by atoms with Crippen LogP contribution in [0.1, 0.15) is 75.3 Å². The molecule has 0 spiro atoms. The fourth-order valence-electron chi connectivity index (χ4n) is 4.53. The molecule has 0 saturated heterocycles. The van der Waals surface area contributed by atoms with Gasteiger partial charge >= 0.3 is 6.18 Å². The molecule has 0 bridgehead atoms. The summed E-state index contributed by atoms with van der Waals surface area (Å²) in [5, 5.41) is 10.9. The van der Waals surface area contributed by atoms with Crippen LogP contribution >= 0.6 is 0 Å². The van der Waals surface area contributed by atoms with Crippen molar-refractivity contribution in [3.8, 4) is 11.1 Å². The van der Waals surface area contributed by atoms with E-state index in [2.05, 4.69) is 6.92 Å². The minimum absolute atomic E-state index is 0.0284. The maximum Gasteiger partial charge on any atom is 0.417 e. The van der Waals surface area contributed by atoms with Gasteiger partial charge < -0.3 is 0 Å². The highest BCUT2D eigenvalue weighted by molar-refractivity contribution is 5.70. The molecule has 0 atom stereocenters. The Bertz CT molecular complexity index is 854. The highest BCUT2D eigenvalue weighted by Crippen LogP contribution is 2.41. The summed E-state index contributed by atoms with van der Waals surface area (Å²) in [5.74, 6) is 1.27. The van der Waals surface area contributed by atoms with E-state index in [1.165, 1.54) is 50.2 Å². The first-order valence-corrected chi connectivity index (χ1v) is 10.8. The Kier molecular flexibility index (Phi) is 7.16. The smallest absolute Gasteiger partial charge is 0.258 e. The third-order valence-electron chi connectivity index (χ3n) is 6.28. The molecule has 1 aliphatic carbocycles. The molecule has 1 saturated carbocycles. The third-order valence-corrected chi connectivity index (χ3v) is 6.28. The van der Waals surface area contributed by atoms with E-state index in [1.807, 2.05) is 12.1 Å². The first-order valence-electron chi connectivity index (χ1n) is 10.8. The van der Waals surface area contributed by atoms with E-state index < -0.39 is 22.4 Å². The van der Waals surface area contributed by atoms with E-state index in [1.54, 1.807) is 12.1 Å². The molecule has 2 aromatic carbocycles. The number of non-ortho nitro benzene ring substituents is 1. The lowest BCUT2D eigenvalue weighted by Crippen LogP contribution is -2.13. The average molecular weight is 419 g/mol. The molecule has 0 amide bonds. The van der Waals surface area contributed by atoms with Gasteiger partial charge in [0.1, 0.15) is 0 Å². The molecule has 162 valence electrons. The Morgan fingerprint density at radius 2 is 1.67 bits per heavy atom. The van der Waals surface area contributed by atoms with Crippen LogP contribution in [0, 0.1) is 16.0 Å². The van der Waals surface area contributed by atoms with Crippen molar-refractivity contribution in [1.29, 1.82) is 0 Å². The summed E-state index contributed by atoms with van der Waals surface area (Å²) in [6.07, 6.45) is 5.18. The molecule has 3 rings (SSSR count). The van der Waals surface area contributed by atoms with Crippen LogP contribution in [0.25, 0.3) is 11.1 Å². The van der Waals surface area contributed by atoms with Crippen LogP contribution < -0.4 is 0 Å². The molecule has 2 aromatic rings. The van der Waals surface area contributed by atoms with Crippen molar-refractivity contribution in [1.82, 2.24) is 0 Å². The number of unbranched alkanes of at least 4 members (excludes halogenated alkanes) is 2. The first-order chi connectivity index (χ1) is 14.3. The van der Waals surface area contributed by atoms with Gasteiger partial charge in [-0.3, -0.25) is 10.1 Å². The Morgan fingerprint density at radius 1 is 1.00 bits per heavy atom. The van der Waals surface area contributed by atoms with Crippen LogP contribution in [0.4, 0.5) is 18.9 Å². The van der Waals surface area contributed by atoms with Crippen molar-refractivity contribution in [2.24, 2.45) is 5.92 Å². The lowest BCUT2D eigenvalue weighted by Gasteiger charge is -2.29. The predicted octanol–water partition coefficient (Wildman–Crippen LogP) is 8.13. The van der Waals surface area contributed by atoms with Crippen LogP contribution in [0.15, 0.2) is 42.5 Å². The molecule has 0 unspecified atom stereocenters. The maximum absolute atomic E-state index is 13.5. The quantitative estimate of drug-likeness (QED) is 0.258. The number of nitro benzene ring substituents is 1. The van der Waals surface area contributed by atoms with E-state index in [0.29, 0.717) is 17.5 Å². The van der Waals surface area contributed by atoms with Gasteiger partial charge in [-0.2, -0.15) is 13.2 Å². The summed E-state index contributed by atoms with van der Waals surface area (Å²) in [4.78, 5) is 10.1. The van der Waals surface area contributed by atoms with Crippen molar-refractivity contribution < 1.29 is 18.1 Å². The second kappa shape index (κ2) is 9.63. The molecule has 0 N–H and O–H groups in total. The second-order valence-corrected chi connectivity index (χ2v) is 8.32. The molecule has 0 radical (unpaired) electrons. The predicted molar refractivity (Wildman–Crippen MR) is 112 cm³/mol. The number of rotatable bonds is 7. The summed E-state index contributed by atoms with van der Waals surface area (Å²) in [6.45, 7) is 2.22. The van der Waals surface area contributed by atoms with Crippen LogP contribution in [0.3, 0.4) is 0 Å². The number of hydrogen-bond donors (Lipinski definition) is 0. The van der Waals surface area contributed by atoms with E-state index in [4.69, 9.17) is 0 Å². The zero-order valence-electron chi connectivity index (χ0n) is 17.3. The molecule has 1 fully saturated rings. The number of hydrogen-bond acceptors (Lipinski definition) is 2. The Labute approximate surface area is 175 Å². The molecule has 0 aliphatic heterocycles. The van der Waals surface area contributed by atoms with Gasteiger partial charge in [-0.05, 0) is 60.3 Å². The van der Waals surface area contributed by atoms with Gasteiger partial charge in [-0.25, -0.2) is 0 Å². The largest absolute Gasteiger partial charge is 0.417 e. The van der Waals surface area contributed by atoms with Gasteiger partial charge in [0, 0.05) is 12.1 Å². The van der Waals surface area contributed by atoms with Crippen molar-refractivity contribution in [2.75, 3.05) is 0 Å². The summed E-state index contributed by atoms with van der Waals surface area (Å²) in [6, 6.07) is 10.2. The van der Waals surface area contributed by atoms with E-state index in [-0.39, 0.29) is 5.56 Å². The molecule has 30 heavy (non-hydrogen) atoms. The standard InChI is InChI=1S/C24H28F3NO2/c1-2-3-4-5-17-6-8-18(9-7-17)19-10-12-20(13-11-19)22-15-14-21(28(29)30)16-23(22)24(25,26)27/h10-18H,2-9H2,1H3/t17-,18-.